The minimum absolute atomic E-state index is 0.354. The van der Waals surface area contributed by atoms with E-state index in [0.29, 0.717) is 18.4 Å². The van der Waals surface area contributed by atoms with Gasteiger partial charge in [0.2, 0.25) is 0 Å². The summed E-state index contributed by atoms with van der Waals surface area (Å²) >= 11 is 0. The van der Waals surface area contributed by atoms with Crippen LogP contribution in [0, 0.1) is 5.92 Å². The van der Waals surface area contributed by atoms with Crippen LogP contribution in [-0.2, 0) is 11.2 Å². The average molecular weight is 280 g/mol. The third-order valence-electron chi connectivity index (χ3n) is 4.60. The van der Waals surface area contributed by atoms with Crippen molar-refractivity contribution in [3.05, 3.63) is 18.0 Å². The first-order chi connectivity index (χ1) is 9.47. The smallest absolute Gasteiger partial charge is 0.0942 e. The number of aliphatic hydroxyl groups excluding tert-OH is 1. The second kappa shape index (κ2) is 6.27. The van der Waals surface area contributed by atoms with Crippen LogP contribution in [0.25, 0.3) is 0 Å². The van der Waals surface area contributed by atoms with Gasteiger partial charge in [-0.25, -0.2) is 0 Å². The van der Waals surface area contributed by atoms with Crippen LogP contribution in [0.1, 0.15) is 58.2 Å². The number of rotatable bonds is 5. The molecule has 20 heavy (non-hydrogen) atoms. The topological polar surface area (TPSA) is 47.3 Å². The van der Waals surface area contributed by atoms with Crippen LogP contribution in [0.4, 0.5) is 0 Å². The summed E-state index contributed by atoms with van der Waals surface area (Å²) in [6.45, 7) is 6.45. The van der Waals surface area contributed by atoms with Gasteiger partial charge < -0.3 is 9.84 Å². The minimum Gasteiger partial charge on any atom is -0.390 e. The normalized spacial score (nSPS) is 28.8. The summed E-state index contributed by atoms with van der Waals surface area (Å²) in [6.07, 6.45) is 6.32. The van der Waals surface area contributed by atoms with Gasteiger partial charge in [-0.1, -0.05) is 19.8 Å². The largest absolute Gasteiger partial charge is 0.390 e. The molecule has 0 radical (unpaired) electrons. The van der Waals surface area contributed by atoms with Crippen LogP contribution in [0.3, 0.4) is 0 Å². The maximum absolute atomic E-state index is 10.7. The molecule has 0 aromatic carbocycles. The average Bonchev–Trinajstić information content (AvgIpc) is 2.87. The lowest BCUT2D eigenvalue weighted by Gasteiger charge is -2.42. The van der Waals surface area contributed by atoms with Crippen molar-refractivity contribution in [2.75, 3.05) is 7.11 Å². The third kappa shape index (κ3) is 3.23. The summed E-state index contributed by atoms with van der Waals surface area (Å²) < 4.78 is 7.69. The summed E-state index contributed by atoms with van der Waals surface area (Å²) in [5.74, 6) is 0.617. The zero-order valence-corrected chi connectivity index (χ0v) is 13.2. The molecule has 1 saturated carbocycles. The molecular formula is C16H28N2O2. The van der Waals surface area contributed by atoms with Crippen molar-refractivity contribution >= 4 is 0 Å². The van der Waals surface area contributed by atoms with E-state index in [1.54, 1.807) is 7.11 Å². The van der Waals surface area contributed by atoms with Crippen LogP contribution < -0.4 is 0 Å². The first-order valence-corrected chi connectivity index (χ1v) is 7.74. The molecule has 2 rings (SSSR count). The SMILES string of the molecule is COC1(C(O)Cc2ccn(C(C)C)n2)CCCC(C)C1. The fourth-order valence-corrected chi connectivity index (χ4v) is 3.33. The molecule has 1 N–H and O–H groups in total. The molecule has 114 valence electrons. The molecule has 1 aliphatic carbocycles. The highest BCUT2D eigenvalue weighted by Crippen LogP contribution is 2.38. The zero-order valence-electron chi connectivity index (χ0n) is 13.2. The molecule has 1 fully saturated rings. The van der Waals surface area contributed by atoms with Crippen molar-refractivity contribution in [2.24, 2.45) is 5.92 Å². The van der Waals surface area contributed by atoms with Gasteiger partial charge in [0.15, 0.2) is 0 Å². The maximum Gasteiger partial charge on any atom is 0.0942 e. The van der Waals surface area contributed by atoms with E-state index in [-0.39, 0.29) is 5.60 Å². The minimum atomic E-state index is -0.481. The van der Waals surface area contributed by atoms with Crippen molar-refractivity contribution in [3.8, 4) is 0 Å². The van der Waals surface area contributed by atoms with Gasteiger partial charge in [-0.15, -0.1) is 0 Å². The first kappa shape index (κ1) is 15.5. The summed E-state index contributed by atoms with van der Waals surface area (Å²) in [4.78, 5) is 0. The Morgan fingerprint density at radius 1 is 1.55 bits per heavy atom. The van der Waals surface area contributed by atoms with E-state index in [4.69, 9.17) is 4.74 Å². The third-order valence-corrected chi connectivity index (χ3v) is 4.60. The van der Waals surface area contributed by atoms with Crippen molar-refractivity contribution in [3.63, 3.8) is 0 Å². The molecule has 0 spiro atoms. The molecule has 0 bridgehead atoms. The fraction of sp³-hybridized carbons (Fsp3) is 0.812. The number of aromatic nitrogens is 2. The van der Waals surface area contributed by atoms with Gasteiger partial charge in [-0.2, -0.15) is 5.10 Å². The van der Waals surface area contributed by atoms with Gasteiger partial charge in [0.1, 0.15) is 0 Å². The van der Waals surface area contributed by atoms with E-state index in [0.717, 1.165) is 25.0 Å². The molecule has 1 aliphatic rings. The molecule has 4 heteroatoms. The Kier molecular flexibility index (Phi) is 4.86. The standard InChI is InChI=1S/C16H28N2O2/c1-12(2)18-9-7-14(17-18)10-15(19)16(20-4)8-5-6-13(3)11-16/h7,9,12-13,15,19H,5-6,8,10-11H2,1-4H3. The van der Waals surface area contributed by atoms with Crippen molar-refractivity contribution in [1.82, 2.24) is 9.78 Å². The number of hydrogen-bond acceptors (Lipinski definition) is 3. The zero-order chi connectivity index (χ0) is 14.8. The van der Waals surface area contributed by atoms with Crippen LogP contribution >= 0.6 is 0 Å². The number of methoxy groups -OCH3 is 1. The lowest BCUT2D eigenvalue weighted by atomic mass is 9.74. The van der Waals surface area contributed by atoms with Gasteiger partial charge in [0.25, 0.3) is 0 Å². The van der Waals surface area contributed by atoms with Gasteiger partial charge in [0, 0.05) is 25.8 Å². The Balaban J connectivity index is 2.06. The van der Waals surface area contributed by atoms with Gasteiger partial charge in [0.05, 0.1) is 17.4 Å². The number of aliphatic hydroxyl groups is 1. The molecule has 0 saturated heterocycles. The fourth-order valence-electron chi connectivity index (χ4n) is 3.33. The highest BCUT2D eigenvalue weighted by atomic mass is 16.5. The Morgan fingerprint density at radius 3 is 2.85 bits per heavy atom. The van der Waals surface area contributed by atoms with Crippen molar-refractivity contribution in [1.29, 1.82) is 0 Å². The predicted octanol–water partition coefficient (Wildman–Crippen LogP) is 2.96. The summed E-state index contributed by atoms with van der Waals surface area (Å²) in [5, 5.41) is 15.2. The first-order valence-electron chi connectivity index (χ1n) is 7.74. The highest BCUT2D eigenvalue weighted by molar-refractivity contribution is 5.05. The lowest BCUT2D eigenvalue weighted by Crippen LogP contribution is -2.48. The Hall–Kier alpha value is -0.870. The van der Waals surface area contributed by atoms with E-state index in [1.807, 2.05) is 16.9 Å². The summed E-state index contributed by atoms with van der Waals surface area (Å²) in [7, 11) is 1.73. The number of ether oxygens (including phenoxy) is 1. The molecule has 0 aliphatic heterocycles. The van der Waals surface area contributed by atoms with Crippen LogP contribution in [0.15, 0.2) is 12.3 Å². The van der Waals surface area contributed by atoms with E-state index < -0.39 is 6.10 Å². The summed E-state index contributed by atoms with van der Waals surface area (Å²) in [6, 6.07) is 2.35. The maximum atomic E-state index is 10.7. The number of hydrogen-bond donors (Lipinski definition) is 1. The van der Waals surface area contributed by atoms with Crippen LogP contribution in [0.5, 0.6) is 0 Å². The molecule has 4 nitrogen and oxygen atoms in total. The number of nitrogens with zero attached hydrogens (tertiary/aromatic N) is 2. The Morgan fingerprint density at radius 2 is 2.30 bits per heavy atom. The second-order valence-electron chi connectivity index (χ2n) is 6.57. The molecular weight excluding hydrogens is 252 g/mol. The van der Waals surface area contributed by atoms with E-state index in [1.165, 1.54) is 6.42 Å². The van der Waals surface area contributed by atoms with Gasteiger partial charge in [-0.3, -0.25) is 4.68 Å². The van der Waals surface area contributed by atoms with Crippen molar-refractivity contribution < 1.29 is 9.84 Å². The Labute approximate surface area is 122 Å². The van der Waals surface area contributed by atoms with Crippen molar-refractivity contribution in [2.45, 2.75) is 70.6 Å². The Bertz CT molecular complexity index is 430. The molecule has 3 atom stereocenters. The van der Waals surface area contributed by atoms with Gasteiger partial charge in [-0.05, 0) is 38.7 Å². The lowest BCUT2D eigenvalue weighted by molar-refractivity contribution is -0.131. The van der Waals surface area contributed by atoms with E-state index in [9.17, 15) is 5.11 Å². The molecule has 0 amide bonds. The molecule has 3 unspecified atom stereocenters. The monoisotopic (exact) mass is 280 g/mol. The van der Waals surface area contributed by atoms with Crippen LogP contribution in [0.2, 0.25) is 0 Å². The highest BCUT2D eigenvalue weighted by Gasteiger charge is 2.41. The predicted molar refractivity (Wildman–Crippen MR) is 79.7 cm³/mol. The van der Waals surface area contributed by atoms with E-state index >= 15 is 0 Å². The molecule has 1 aromatic rings. The molecule has 1 aromatic heterocycles. The quantitative estimate of drug-likeness (QED) is 0.902. The second-order valence-corrected chi connectivity index (χ2v) is 6.57. The van der Waals surface area contributed by atoms with E-state index in [2.05, 4.69) is 25.9 Å². The van der Waals surface area contributed by atoms with Gasteiger partial charge >= 0.3 is 0 Å². The molecule has 1 heterocycles. The summed E-state index contributed by atoms with van der Waals surface area (Å²) in [5.41, 5.74) is 0.556. The van der Waals surface area contributed by atoms with Crippen LogP contribution in [-0.4, -0.2) is 33.7 Å².